The Balaban J connectivity index is 2.30. The first-order valence-corrected chi connectivity index (χ1v) is 6.98. The maximum Gasteiger partial charge on any atom is 0.141 e. The number of hydrogen-bond acceptors (Lipinski definition) is 2. The zero-order valence-corrected chi connectivity index (χ0v) is 12.8. The summed E-state index contributed by atoms with van der Waals surface area (Å²) in [5, 5.41) is 1.47. The molecule has 0 spiro atoms. The SMILES string of the molecule is Cn1c(-c2cc(Cl)c(N)c(Cl)c2)nc2cccc(Cl)c21. The quantitative estimate of drug-likeness (QED) is 0.654. The van der Waals surface area contributed by atoms with E-state index >= 15 is 0 Å². The third kappa shape index (κ3) is 2.03. The average Bonchev–Trinajstić information content (AvgIpc) is 2.74. The van der Waals surface area contributed by atoms with Gasteiger partial charge < -0.3 is 10.3 Å². The number of nitrogens with zero attached hydrogens (tertiary/aromatic N) is 2. The van der Waals surface area contributed by atoms with Gasteiger partial charge in [-0.05, 0) is 24.3 Å². The monoisotopic (exact) mass is 325 g/mol. The number of imidazole rings is 1. The van der Waals surface area contributed by atoms with Gasteiger partial charge in [0, 0.05) is 12.6 Å². The van der Waals surface area contributed by atoms with Crippen LogP contribution in [0.1, 0.15) is 0 Å². The Bertz CT molecular complexity index is 801. The molecule has 0 aliphatic rings. The highest BCUT2D eigenvalue weighted by Crippen LogP contribution is 2.35. The zero-order chi connectivity index (χ0) is 14.4. The van der Waals surface area contributed by atoms with Gasteiger partial charge in [-0.15, -0.1) is 0 Å². The molecule has 3 nitrogen and oxygen atoms in total. The van der Waals surface area contributed by atoms with Crippen LogP contribution in [0.3, 0.4) is 0 Å². The van der Waals surface area contributed by atoms with E-state index < -0.39 is 0 Å². The number of nitrogen functional groups attached to an aromatic ring is 1. The zero-order valence-electron chi connectivity index (χ0n) is 10.5. The molecular weight excluding hydrogens is 317 g/mol. The first kappa shape index (κ1) is 13.6. The molecule has 0 saturated heterocycles. The van der Waals surface area contributed by atoms with Crippen molar-refractivity contribution in [2.75, 3.05) is 5.73 Å². The highest BCUT2D eigenvalue weighted by molar-refractivity contribution is 6.39. The number of aryl methyl sites for hydroxylation is 1. The number of nitrogens with two attached hydrogens (primary N) is 1. The Morgan fingerprint density at radius 3 is 2.30 bits per heavy atom. The maximum atomic E-state index is 6.22. The van der Waals surface area contributed by atoms with E-state index in [2.05, 4.69) is 4.98 Å². The van der Waals surface area contributed by atoms with E-state index in [1.807, 2.05) is 29.8 Å². The van der Waals surface area contributed by atoms with E-state index in [0.717, 1.165) is 22.4 Å². The van der Waals surface area contributed by atoms with Gasteiger partial charge >= 0.3 is 0 Å². The second-order valence-electron chi connectivity index (χ2n) is 4.46. The smallest absolute Gasteiger partial charge is 0.141 e. The number of halogens is 3. The summed E-state index contributed by atoms with van der Waals surface area (Å²) in [6.07, 6.45) is 0. The van der Waals surface area contributed by atoms with Gasteiger partial charge in [-0.25, -0.2) is 4.98 Å². The lowest BCUT2D eigenvalue weighted by molar-refractivity contribution is 0.959. The van der Waals surface area contributed by atoms with Gasteiger partial charge in [-0.1, -0.05) is 40.9 Å². The summed E-state index contributed by atoms with van der Waals surface area (Å²) in [6, 6.07) is 9.10. The van der Waals surface area contributed by atoms with Crippen LogP contribution in [0, 0.1) is 0 Å². The van der Waals surface area contributed by atoms with Crippen LogP contribution in [0.25, 0.3) is 22.4 Å². The second-order valence-corrected chi connectivity index (χ2v) is 5.68. The largest absolute Gasteiger partial charge is 0.396 e. The van der Waals surface area contributed by atoms with Gasteiger partial charge in [0.25, 0.3) is 0 Å². The Labute approximate surface area is 130 Å². The fourth-order valence-electron chi connectivity index (χ4n) is 2.19. The van der Waals surface area contributed by atoms with Crippen molar-refractivity contribution in [3.63, 3.8) is 0 Å². The minimum absolute atomic E-state index is 0.369. The first-order valence-electron chi connectivity index (χ1n) is 5.85. The average molecular weight is 327 g/mol. The van der Waals surface area contributed by atoms with Crippen molar-refractivity contribution in [2.45, 2.75) is 0 Å². The summed E-state index contributed by atoms with van der Waals surface area (Å²) in [6.45, 7) is 0. The third-order valence-corrected chi connectivity index (χ3v) is 4.11. The summed E-state index contributed by atoms with van der Waals surface area (Å²) in [4.78, 5) is 4.58. The Kier molecular flexibility index (Phi) is 3.28. The van der Waals surface area contributed by atoms with Crippen LogP contribution >= 0.6 is 34.8 Å². The van der Waals surface area contributed by atoms with Crippen LogP contribution in [-0.2, 0) is 7.05 Å². The van der Waals surface area contributed by atoms with Crippen LogP contribution < -0.4 is 5.73 Å². The molecule has 0 saturated carbocycles. The number of aromatic nitrogens is 2. The molecule has 3 rings (SSSR count). The lowest BCUT2D eigenvalue weighted by Gasteiger charge is -2.07. The number of hydrogen-bond donors (Lipinski definition) is 1. The summed E-state index contributed by atoms with van der Waals surface area (Å²) < 4.78 is 1.91. The Morgan fingerprint density at radius 2 is 1.70 bits per heavy atom. The number of fused-ring (bicyclic) bond motifs is 1. The number of rotatable bonds is 1. The summed E-state index contributed by atoms with van der Waals surface area (Å²) in [5.74, 6) is 0.733. The molecule has 6 heteroatoms. The third-order valence-electron chi connectivity index (χ3n) is 3.18. The lowest BCUT2D eigenvalue weighted by atomic mass is 10.2. The topological polar surface area (TPSA) is 43.8 Å². The highest BCUT2D eigenvalue weighted by atomic mass is 35.5. The maximum absolute atomic E-state index is 6.22. The normalized spacial score (nSPS) is 11.2. The van der Waals surface area contributed by atoms with E-state index in [0.29, 0.717) is 20.8 Å². The Hall–Kier alpha value is -1.42. The molecular formula is C14H10Cl3N3. The molecule has 0 bridgehead atoms. The van der Waals surface area contributed by atoms with Gasteiger partial charge in [0.1, 0.15) is 5.82 Å². The van der Waals surface area contributed by atoms with Crippen LogP contribution in [0.5, 0.6) is 0 Å². The highest BCUT2D eigenvalue weighted by Gasteiger charge is 2.14. The van der Waals surface area contributed by atoms with Gasteiger partial charge in [-0.2, -0.15) is 0 Å². The lowest BCUT2D eigenvalue weighted by Crippen LogP contribution is -1.95. The van der Waals surface area contributed by atoms with E-state index in [-0.39, 0.29) is 0 Å². The number of anilines is 1. The van der Waals surface area contributed by atoms with E-state index in [9.17, 15) is 0 Å². The van der Waals surface area contributed by atoms with Crippen LogP contribution in [0.4, 0.5) is 5.69 Å². The van der Waals surface area contributed by atoms with Crippen LogP contribution in [-0.4, -0.2) is 9.55 Å². The van der Waals surface area contributed by atoms with E-state index in [1.54, 1.807) is 12.1 Å². The standard InChI is InChI=1S/C14H10Cl3N3/c1-20-13-8(15)3-2-4-11(13)19-14(20)7-5-9(16)12(18)10(17)6-7/h2-6H,18H2,1H3. The van der Waals surface area contributed by atoms with Crippen molar-refractivity contribution in [1.29, 1.82) is 0 Å². The van der Waals surface area contributed by atoms with Gasteiger partial charge in [0.05, 0.1) is 31.8 Å². The second kappa shape index (κ2) is 4.85. The summed E-state index contributed by atoms with van der Waals surface area (Å²) >= 11 is 18.4. The number of para-hydroxylation sites is 1. The molecule has 1 heterocycles. The molecule has 3 aromatic rings. The molecule has 0 aliphatic heterocycles. The van der Waals surface area contributed by atoms with Crippen molar-refractivity contribution in [2.24, 2.45) is 7.05 Å². The van der Waals surface area contributed by atoms with E-state index in [1.165, 1.54) is 0 Å². The molecule has 1 aromatic heterocycles. The number of benzene rings is 2. The van der Waals surface area contributed by atoms with Crippen LogP contribution in [0.15, 0.2) is 30.3 Å². The van der Waals surface area contributed by atoms with Gasteiger partial charge in [-0.3, -0.25) is 0 Å². The molecule has 2 N–H and O–H groups in total. The fourth-order valence-corrected chi connectivity index (χ4v) is 2.98. The van der Waals surface area contributed by atoms with Crippen molar-refractivity contribution in [3.05, 3.63) is 45.4 Å². The van der Waals surface area contributed by atoms with E-state index in [4.69, 9.17) is 40.5 Å². The van der Waals surface area contributed by atoms with Crippen LogP contribution in [0.2, 0.25) is 15.1 Å². The molecule has 2 aromatic carbocycles. The predicted octanol–water partition coefficient (Wildman–Crippen LogP) is 4.78. The minimum atomic E-state index is 0.369. The molecule has 0 radical (unpaired) electrons. The molecule has 102 valence electrons. The van der Waals surface area contributed by atoms with Gasteiger partial charge in [0.15, 0.2) is 0 Å². The first-order chi connectivity index (χ1) is 9.49. The minimum Gasteiger partial charge on any atom is -0.396 e. The summed E-state index contributed by atoms with van der Waals surface area (Å²) in [7, 11) is 1.90. The van der Waals surface area contributed by atoms with Gasteiger partial charge in [0.2, 0.25) is 0 Å². The summed E-state index contributed by atoms with van der Waals surface area (Å²) in [5.41, 5.74) is 8.61. The molecule has 0 aliphatic carbocycles. The van der Waals surface area contributed by atoms with Crippen molar-refractivity contribution in [1.82, 2.24) is 9.55 Å². The molecule has 0 fully saturated rings. The van der Waals surface area contributed by atoms with Crippen molar-refractivity contribution in [3.8, 4) is 11.4 Å². The molecule has 0 unspecified atom stereocenters. The Morgan fingerprint density at radius 1 is 1.05 bits per heavy atom. The molecule has 0 amide bonds. The molecule has 0 atom stereocenters. The fraction of sp³-hybridized carbons (Fsp3) is 0.0714. The molecule has 20 heavy (non-hydrogen) atoms. The van der Waals surface area contributed by atoms with Crippen molar-refractivity contribution >= 4 is 51.5 Å². The predicted molar refractivity (Wildman–Crippen MR) is 85.6 cm³/mol. The van der Waals surface area contributed by atoms with Crippen molar-refractivity contribution < 1.29 is 0 Å².